The number of aliphatic hydroxyl groups excluding tert-OH is 1. The van der Waals surface area contributed by atoms with E-state index >= 15 is 0 Å². The zero-order valence-corrected chi connectivity index (χ0v) is 12.9. The molecule has 1 rings (SSSR count). The molecule has 0 aliphatic heterocycles. The number of aromatic nitrogens is 1. The molecule has 0 radical (unpaired) electrons. The van der Waals surface area contributed by atoms with Crippen molar-refractivity contribution in [1.29, 1.82) is 0 Å². The summed E-state index contributed by atoms with van der Waals surface area (Å²) in [4.78, 5) is 12.2. The second kappa shape index (κ2) is 5.89. The number of hydrogen-bond acceptors (Lipinski definition) is 2. The van der Waals surface area contributed by atoms with Crippen molar-refractivity contribution in [2.24, 2.45) is 0 Å². The maximum absolute atomic E-state index is 12.2. The van der Waals surface area contributed by atoms with E-state index < -0.39 is 5.54 Å². The van der Waals surface area contributed by atoms with Gasteiger partial charge in [0.15, 0.2) is 0 Å². The zero-order chi connectivity index (χ0) is 13.9. The van der Waals surface area contributed by atoms with E-state index in [0.717, 1.165) is 4.47 Å². The summed E-state index contributed by atoms with van der Waals surface area (Å²) in [6.07, 6.45) is 2.43. The van der Waals surface area contributed by atoms with Gasteiger partial charge < -0.3 is 15.0 Å². The number of carbonyl (C=O) groups is 1. The van der Waals surface area contributed by atoms with E-state index in [2.05, 4.69) is 21.2 Å². The number of hydrogen-bond donors (Lipinski definition) is 2. The topological polar surface area (TPSA) is 54.3 Å². The van der Waals surface area contributed by atoms with Gasteiger partial charge in [0, 0.05) is 28.9 Å². The second-order valence-electron chi connectivity index (χ2n) is 5.36. The summed E-state index contributed by atoms with van der Waals surface area (Å²) >= 11 is 3.39. The lowest BCUT2D eigenvalue weighted by Gasteiger charge is -2.26. The first-order valence-electron chi connectivity index (χ1n) is 6.07. The Balaban J connectivity index is 2.91. The van der Waals surface area contributed by atoms with E-state index in [1.165, 1.54) is 0 Å². The van der Waals surface area contributed by atoms with Crippen molar-refractivity contribution in [2.45, 2.75) is 45.7 Å². The van der Waals surface area contributed by atoms with Gasteiger partial charge in [0.2, 0.25) is 0 Å². The molecule has 0 spiro atoms. The molecule has 0 bridgehead atoms. The largest absolute Gasteiger partial charge is 0.396 e. The first-order valence-corrected chi connectivity index (χ1v) is 6.87. The van der Waals surface area contributed by atoms with Crippen molar-refractivity contribution in [3.63, 3.8) is 0 Å². The van der Waals surface area contributed by atoms with Gasteiger partial charge in [-0.15, -0.1) is 0 Å². The highest BCUT2D eigenvalue weighted by atomic mass is 79.9. The summed E-state index contributed by atoms with van der Waals surface area (Å²) in [6, 6.07) is 2.03. The average Bonchev–Trinajstić information content (AvgIpc) is 2.59. The first-order chi connectivity index (χ1) is 8.26. The lowest BCUT2D eigenvalue weighted by atomic mass is 10.0. The third kappa shape index (κ3) is 3.85. The Bertz CT molecular complexity index is 425. The van der Waals surface area contributed by atoms with E-state index in [4.69, 9.17) is 5.11 Å². The molecule has 0 aliphatic rings. The molecule has 1 amide bonds. The fraction of sp³-hybridized carbons (Fsp3) is 0.615. The molecule has 102 valence electrons. The molecule has 4 nitrogen and oxygen atoms in total. The molecule has 0 unspecified atom stereocenters. The number of halogens is 1. The molecule has 2 N–H and O–H groups in total. The summed E-state index contributed by atoms with van der Waals surface area (Å²) in [5.74, 6) is -0.118. The van der Waals surface area contributed by atoms with Crippen LogP contribution in [0.15, 0.2) is 16.7 Å². The molecule has 0 fully saturated rings. The molecule has 0 aromatic carbocycles. The summed E-state index contributed by atoms with van der Waals surface area (Å²) in [6.45, 7) is 7.92. The number of carbonyl (C=O) groups excluding carboxylic acids is 1. The van der Waals surface area contributed by atoms with Crippen molar-refractivity contribution in [1.82, 2.24) is 9.88 Å². The van der Waals surface area contributed by atoms with Crippen molar-refractivity contribution in [2.75, 3.05) is 6.61 Å². The molecule has 0 saturated heterocycles. The average molecular weight is 317 g/mol. The minimum absolute atomic E-state index is 0.0577. The number of nitrogens with zero attached hydrogens (tertiary/aromatic N) is 1. The predicted octanol–water partition coefficient (Wildman–Crippen LogP) is 2.72. The Morgan fingerprint density at radius 3 is 2.67 bits per heavy atom. The monoisotopic (exact) mass is 316 g/mol. The van der Waals surface area contributed by atoms with Gasteiger partial charge in [-0.3, -0.25) is 4.79 Å². The smallest absolute Gasteiger partial charge is 0.268 e. The number of aliphatic hydroxyl groups is 1. The predicted molar refractivity (Wildman–Crippen MR) is 75.8 cm³/mol. The lowest BCUT2D eigenvalue weighted by Crippen LogP contribution is -2.44. The zero-order valence-electron chi connectivity index (χ0n) is 11.3. The van der Waals surface area contributed by atoms with Crippen LogP contribution in [0.1, 0.15) is 50.6 Å². The van der Waals surface area contributed by atoms with Gasteiger partial charge in [-0.05, 0) is 56.1 Å². The van der Waals surface area contributed by atoms with Crippen LogP contribution < -0.4 is 5.32 Å². The third-order valence-electron chi connectivity index (χ3n) is 2.79. The molecule has 0 aliphatic carbocycles. The van der Waals surface area contributed by atoms with Crippen LogP contribution >= 0.6 is 15.9 Å². The van der Waals surface area contributed by atoms with Gasteiger partial charge in [-0.1, -0.05) is 0 Å². The number of rotatable bonds is 5. The molecule has 1 aromatic rings. The van der Waals surface area contributed by atoms with Crippen molar-refractivity contribution in [3.05, 3.63) is 22.4 Å². The van der Waals surface area contributed by atoms with E-state index in [0.29, 0.717) is 12.1 Å². The minimum atomic E-state index is -0.412. The van der Waals surface area contributed by atoms with Crippen LogP contribution in [0.2, 0.25) is 0 Å². The number of nitrogens with one attached hydrogen (secondary N) is 1. The molecule has 18 heavy (non-hydrogen) atoms. The van der Waals surface area contributed by atoms with Crippen LogP contribution in [0.5, 0.6) is 0 Å². The van der Waals surface area contributed by atoms with Gasteiger partial charge in [0.05, 0.1) is 0 Å². The SMILES string of the molecule is CC(C)n1cc(Br)cc1C(=O)NC(C)(C)CCO. The van der Waals surface area contributed by atoms with E-state index in [1.807, 2.05) is 44.5 Å². The van der Waals surface area contributed by atoms with Crippen LogP contribution in [0.3, 0.4) is 0 Å². The molecule has 5 heteroatoms. The van der Waals surface area contributed by atoms with Crippen molar-refractivity contribution in [3.8, 4) is 0 Å². The van der Waals surface area contributed by atoms with Crippen LogP contribution in [-0.4, -0.2) is 27.7 Å². The summed E-state index contributed by atoms with van der Waals surface area (Å²) in [5.41, 5.74) is 0.215. The van der Waals surface area contributed by atoms with Gasteiger partial charge in [0.25, 0.3) is 5.91 Å². The van der Waals surface area contributed by atoms with Gasteiger partial charge in [0.1, 0.15) is 5.69 Å². The molecular formula is C13H21BrN2O2. The Morgan fingerprint density at radius 1 is 1.56 bits per heavy atom. The molecule has 0 saturated carbocycles. The molecule has 1 heterocycles. The molecule has 1 aromatic heterocycles. The summed E-state index contributed by atoms with van der Waals surface area (Å²) in [7, 11) is 0. The quantitative estimate of drug-likeness (QED) is 0.877. The third-order valence-corrected chi connectivity index (χ3v) is 3.23. The Kier molecular flexibility index (Phi) is 4.99. The summed E-state index contributed by atoms with van der Waals surface area (Å²) in [5, 5.41) is 11.9. The van der Waals surface area contributed by atoms with Gasteiger partial charge in [-0.2, -0.15) is 0 Å². The van der Waals surface area contributed by atoms with Crippen LogP contribution in [0.25, 0.3) is 0 Å². The second-order valence-corrected chi connectivity index (χ2v) is 6.27. The normalized spacial score (nSPS) is 11.9. The van der Waals surface area contributed by atoms with Crippen LogP contribution in [-0.2, 0) is 0 Å². The van der Waals surface area contributed by atoms with Crippen LogP contribution in [0, 0.1) is 0 Å². The Morgan fingerprint density at radius 2 is 2.17 bits per heavy atom. The highest BCUT2D eigenvalue weighted by Crippen LogP contribution is 2.20. The fourth-order valence-electron chi connectivity index (χ4n) is 1.77. The standard InChI is InChI=1S/C13H21BrN2O2/c1-9(2)16-8-10(14)7-11(16)12(18)15-13(3,4)5-6-17/h7-9,17H,5-6H2,1-4H3,(H,15,18). The van der Waals surface area contributed by atoms with Crippen molar-refractivity contribution >= 4 is 21.8 Å². The van der Waals surface area contributed by atoms with Gasteiger partial charge in [-0.25, -0.2) is 0 Å². The molecular weight excluding hydrogens is 296 g/mol. The van der Waals surface area contributed by atoms with E-state index in [1.54, 1.807) is 0 Å². The Hall–Kier alpha value is -0.810. The minimum Gasteiger partial charge on any atom is -0.396 e. The highest BCUT2D eigenvalue weighted by molar-refractivity contribution is 9.10. The highest BCUT2D eigenvalue weighted by Gasteiger charge is 2.23. The Labute approximate surface area is 117 Å². The maximum Gasteiger partial charge on any atom is 0.268 e. The summed E-state index contributed by atoms with van der Waals surface area (Å²) < 4.78 is 2.82. The fourth-order valence-corrected chi connectivity index (χ4v) is 2.21. The lowest BCUT2D eigenvalue weighted by molar-refractivity contribution is 0.0888. The maximum atomic E-state index is 12.2. The van der Waals surface area contributed by atoms with E-state index in [9.17, 15) is 4.79 Å². The first kappa shape index (κ1) is 15.2. The van der Waals surface area contributed by atoms with E-state index in [-0.39, 0.29) is 18.6 Å². The molecule has 0 atom stereocenters. The van der Waals surface area contributed by atoms with Crippen LogP contribution in [0.4, 0.5) is 0 Å². The van der Waals surface area contributed by atoms with Gasteiger partial charge >= 0.3 is 0 Å². The number of amides is 1. The van der Waals surface area contributed by atoms with Crippen molar-refractivity contribution < 1.29 is 9.90 Å².